The summed E-state index contributed by atoms with van der Waals surface area (Å²) in [6, 6.07) is 6.26. The zero-order valence-electron chi connectivity index (χ0n) is 15.5. The Morgan fingerprint density at radius 1 is 1.28 bits per heavy atom. The lowest BCUT2D eigenvalue weighted by molar-refractivity contribution is -0.121. The monoisotopic (exact) mass is 419 g/mol. The highest BCUT2D eigenvalue weighted by Gasteiger charge is 2.21. The summed E-state index contributed by atoms with van der Waals surface area (Å²) < 4.78 is 30.0. The summed E-state index contributed by atoms with van der Waals surface area (Å²) in [6.07, 6.45) is 4.90. The van der Waals surface area contributed by atoms with Gasteiger partial charge in [-0.1, -0.05) is 12.1 Å². The highest BCUT2D eigenvalue weighted by molar-refractivity contribution is 7.18. The number of aryl methyl sites for hydroxylation is 2. The number of aromatic nitrogens is 2. The molecule has 1 aliphatic carbocycles. The topological polar surface area (TPSA) is 73.2 Å². The second kappa shape index (κ2) is 8.28. The molecule has 2 heterocycles. The van der Waals surface area contributed by atoms with E-state index < -0.39 is 6.61 Å². The number of hydrogen-bond acceptors (Lipinski definition) is 5. The van der Waals surface area contributed by atoms with E-state index in [-0.39, 0.29) is 23.8 Å². The van der Waals surface area contributed by atoms with Crippen molar-refractivity contribution in [3.63, 3.8) is 0 Å². The van der Waals surface area contributed by atoms with Crippen molar-refractivity contribution in [2.24, 2.45) is 0 Å². The molecule has 6 nitrogen and oxygen atoms in total. The predicted molar refractivity (Wildman–Crippen MR) is 106 cm³/mol. The van der Waals surface area contributed by atoms with Crippen LogP contribution in [0.3, 0.4) is 0 Å². The number of nitrogens with zero attached hydrogens (tertiary/aromatic N) is 2. The third kappa shape index (κ3) is 4.29. The van der Waals surface area contributed by atoms with E-state index in [1.807, 2.05) is 0 Å². The molecule has 9 heteroatoms. The van der Waals surface area contributed by atoms with E-state index in [1.165, 1.54) is 27.9 Å². The smallest absolute Gasteiger partial charge is 0.387 e. The van der Waals surface area contributed by atoms with Crippen LogP contribution in [0.2, 0.25) is 0 Å². The fraction of sp³-hybridized carbons (Fsp3) is 0.350. The molecule has 0 atom stereocenters. The molecule has 0 fully saturated rings. The molecule has 0 aliphatic heterocycles. The van der Waals surface area contributed by atoms with Crippen molar-refractivity contribution in [2.75, 3.05) is 6.54 Å². The number of halogens is 2. The van der Waals surface area contributed by atoms with E-state index in [4.69, 9.17) is 0 Å². The van der Waals surface area contributed by atoms with Crippen molar-refractivity contribution < 1.29 is 18.3 Å². The number of benzene rings is 1. The first-order chi connectivity index (χ1) is 14.0. The Morgan fingerprint density at radius 3 is 2.83 bits per heavy atom. The third-order valence-electron chi connectivity index (χ3n) is 4.89. The van der Waals surface area contributed by atoms with Crippen LogP contribution in [0.5, 0.6) is 5.75 Å². The Balaban J connectivity index is 1.34. The van der Waals surface area contributed by atoms with E-state index in [0.29, 0.717) is 18.4 Å². The molecule has 1 aliphatic rings. The number of hydrogen-bond donors (Lipinski definition) is 1. The molecule has 1 amide bonds. The van der Waals surface area contributed by atoms with Gasteiger partial charge in [0.2, 0.25) is 5.91 Å². The number of ether oxygens (including phenoxy) is 1. The molecule has 3 aromatic rings. The van der Waals surface area contributed by atoms with Gasteiger partial charge < -0.3 is 10.1 Å². The van der Waals surface area contributed by atoms with Crippen LogP contribution in [0.1, 0.15) is 22.4 Å². The highest BCUT2D eigenvalue weighted by Crippen LogP contribution is 2.34. The van der Waals surface area contributed by atoms with Gasteiger partial charge in [-0.15, -0.1) is 11.3 Å². The largest absolute Gasteiger partial charge is 0.435 e. The quantitative estimate of drug-likeness (QED) is 0.639. The molecule has 0 bridgehead atoms. The van der Waals surface area contributed by atoms with E-state index in [9.17, 15) is 18.4 Å². The number of rotatable bonds is 7. The van der Waals surface area contributed by atoms with Gasteiger partial charge >= 0.3 is 6.61 Å². The van der Waals surface area contributed by atoms with Crippen LogP contribution in [0, 0.1) is 0 Å². The Hall–Kier alpha value is -2.81. The third-order valence-corrected chi connectivity index (χ3v) is 6.09. The number of amides is 1. The summed E-state index contributed by atoms with van der Waals surface area (Å²) >= 11 is 1.57. The van der Waals surface area contributed by atoms with Gasteiger partial charge in [-0.2, -0.15) is 8.78 Å². The number of thiophene rings is 1. The van der Waals surface area contributed by atoms with Gasteiger partial charge in [-0.3, -0.25) is 14.2 Å². The number of nitrogens with one attached hydrogen (secondary N) is 1. The summed E-state index contributed by atoms with van der Waals surface area (Å²) in [5.41, 5.74) is 1.80. The van der Waals surface area contributed by atoms with Crippen LogP contribution in [-0.4, -0.2) is 28.6 Å². The van der Waals surface area contributed by atoms with Crippen LogP contribution in [0.25, 0.3) is 10.2 Å². The van der Waals surface area contributed by atoms with Crippen molar-refractivity contribution in [3.8, 4) is 5.75 Å². The van der Waals surface area contributed by atoms with E-state index >= 15 is 0 Å². The number of carbonyl (C=O) groups excluding carboxylic acids is 1. The molecule has 0 spiro atoms. The fourth-order valence-electron chi connectivity index (χ4n) is 3.53. The molecule has 0 saturated carbocycles. The van der Waals surface area contributed by atoms with E-state index in [2.05, 4.69) is 15.0 Å². The molecular formula is C20H19F2N3O3S. The molecule has 1 aromatic carbocycles. The van der Waals surface area contributed by atoms with Gasteiger partial charge in [-0.05, 0) is 48.9 Å². The predicted octanol–water partition coefficient (Wildman–Crippen LogP) is 2.91. The summed E-state index contributed by atoms with van der Waals surface area (Å²) in [4.78, 5) is 31.3. The van der Waals surface area contributed by atoms with Crippen molar-refractivity contribution >= 4 is 27.5 Å². The molecular weight excluding hydrogens is 400 g/mol. The molecule has 4 rings (SSSR count). The molecule has 0 saturated heterocycles. The molecule has 1 N–H and O–H groups in total. The van der Waals surface area contributed by atoms with Gasteiger partial charge in [0.1, 0.15) is 17.1 Å². The Morgan fingerprint density at radius 2 is 2.07 bits per heavy atom. The minimum Gasteiger partial charge on any atom is -0.435 e. The second-order valence-corrected chi connectivity index (χ2v) is 7.92. The second-order valence-electron chi connectivity index (χ2n) is 6.84. The van der Waals surface area contributed by atoms with Gasteiger partial charge in [0.05, 0.1) is 11.7 Å². The van der Waals surface area contributed by atoms with Crippen LogP contribution in [0.4, 0.5) is 8.78 Å². The average molecular weight is 419 g/mol. The minimum absolute atomic E-state index is 0.0897. The summed E-state index contributed by atoms with van der Waals surface area (Å²) in [5.74, 6) is -0.187. The number of fused-ring (bicyclic) bond motifs is 3. The zero-order chi connectivity index (χ0) is 20.4. The van der Waals surface area contributed by atoms with Crippen molar-refractivity contribution in [2.45, 2.75) is 38.8 Å². The molecule has 152 valence electrons. The molecule has 29 heavy (non-hydrogen) atoms. The lowest BCUT2D eigenvalue weighted by Crippen LogP contribution is -2.33. The summed E-state index contributed by atoms with van der Waals surface area (Å²) in [5, 5.41) is 3.43. The Bertz CT molecular complexity index is 1090. The summed E-state index contributed by atoms with van der Waals surface area (Å²) in [6.45, 7) is -2.58. The van der Waals surface area contributed by atoms with Gasteiger partial charge in [0.15, 0.2) is 0 Å². The standard InChI is InChI=1S/C20H19F2N3O3S/c21-20(22)28-13-6-4-12(5-7-13)8-9-23-16(26)10-25-11-24-18-17(19(25)27)14-2-1-3-15(14)29-18/h4-7,11,20H,1-3,8-10H2,(H,23,26). The van der Waals surface area contributed by atoms with Gasteiger partial charge in [-0.25, -0.2) is 4.98 Å². The van der Waals surface area contributed by atoms with Crippen molar-refractivity contribution in [1.82, 2.24) is 14.9 Å². The van der Waals surface area contributed by atoms with Crippen LogP contribution < -0.4 is 15.6 Å². The van der Waals surface area contributed by atoms with Crippen LogP contribution >= 0.6 is 11.3 Å². The van der Waals surface area contributed by atoms with Gasteiger partial charge in [0.25, 0.3) is 5.56 Å². The lowest BCUT2D eigenvalue weighted by atomic mass is 10.1. The van der Waals surface area contributed by atoms with Gasteiger partial charge in [0, 0.05) is 11.4 Å². The molecule has 2 aromatic heterocycles. The van der Waals surface area contributed by atoms with E-state index in [1.54, 1.807) is 23.5 Å². The highest BCUT2D eigenvalue weighted by atomic mass is 32.1. The first-order valence-corrected chi connectivity index (χ1v) is 10.1. The first kappa shape index (κ1) is 19.5. The maximum atomic E-state index is 12.8. The Labute approximate surface area is 169 Å². The van der Waals surface area contributed by atoms with Crippen molar-refractivity contribution in [1.29, 1.82) is 0 Å². The molecule has 0 radical (unpaired) electrons. The maximum Gasteiger partial charge on any atom is 0.387 e. The SMILES string of the molecule is O=C(Cn1cnc2sc3c(c2c1=O)CCC3)NCCc1ccc(OC(F)F)cc1. The Kier molecular flexibility index (Phi) is 5.57. The average Bonchev–Trinajstić information content (AvgIpc) is 3.26. The van der Waals surface area contributed by atoms with E-state index in [0.717, 1.165) is 35.2 Å². The maximum absolute atomic E-state index is 12.8. The van der Waals surface area contributed by atoms with Crippen molar-refractivity contribution in [3.05, 3.63) is 57.0 Å². The van der Waals surface area contributed by atoms with Crippen LogP contribution in [0.15, 0.2) is 35.4 Å². The molecule has 0 unspecified atom stereocenters. The fourth-order valence-corrected chi connectivity index (χ4v) is 4.75. The van der Waals surface area contributed by atoms with Crippen LogP contribution in [-0.2, 0) is 30.6 Å². The zero-order valence-corrected chi connectivity index (χ0v) is 16.3. The lowest BCUT2D eigenvalue weighted by Gasteiger charge is -2.08. The number of carbonyl (C=O) groups is 1. The minimum atomic E-state index is -2.85. The number of alkyl halides is 2. The normalized spacial score (nSPS) is 13.1. The summed E-state index contributed by atoms with van der Waals surface area (Å²) in [7, 11) is 0. The first-order valence-electron chi connectivity index (χ1n) is 9.31.